The molecular weight excluding hydrogens is 483 g/mol. The minimum Gasteiger partial charge on any atom is -0.337 e. The monoisotopic (exact) mass is 512 g/mol. The summed E-state index contributed by atoms with van der Waals surface area (Å²) in [6, 6.07) is 17.4. The number of aromatic amines is 1. The highest BCUT2D eigenvalue weighted by Gasteiger charge is 2.29. The van der Waals surface area contributed by atoms with Crippen LogP contribution in [0.2, 0.25) is 0 Å². The lowest BCUT2D eigenvalue weighted by Gasteiger charge is -2.32. The second-order valence-corrected chi connectivity index (χ2v) is 10.9. The number of imidazole rings is 1. The Morgan fingerprint density at radius 2 is 1.74 bits per heavy atom. The molecule has 0 bridgehead atoms. The highest BCUT2D eigenvalue weighted by Crippen LogP contribution is 2.28. The van der Waals surface area contributed by atoms with E-state index in [-0.39, 0.29) is 28.9 Å². The number of hydrogen-bond donors (Lipinski definition) is 1. The number of halogens is 1. The molecule has 194 valence electrons. The van der Waals surface area contributed by atoms with E-state index in [4.69, 9.17) is 10.1 Å². The van der Waals surface area contributed by atoms with E-state index in [1.807, 2.05) is 39.8 Å². The van der Waals surface area contributed by atoms with E-state index in [1.165, 1.54) is 12.1 Å². The van der Waals surface area contributed by atoms with Crippen molar-refractivity contribution in [3.05, 3.63) is 88.4 Å². The van der Waals surface area contributed by atoms with Crippen LogP contribution in [0, 0.1) is 5.82 Å². The summed E-state index contributed by atoms with van der Waals surface area (Å²) < 4.78 is 17.0. The molecule has 38 heavy (non-hydrogen) atoms. The normalized spacial score (nSPS) is 15.0. The number of aromatic nitrogens is 5. The maximum Gasteiger partial charge on any atom is 0.326 e. The van der Waals surface area contributed by atoms with Gasteiger partial charge in [0, 0.05) is 36.2 Å². The van der Waals surface area contributed by atoms with Crippen molar-refractivity contribution < 1.29 is 9.18 Å². The number of amides is 1. The van der Waals surface area contributed by atoms with Gasteiger partial charge in [0.15, 0.2) is 5.65 Å². The van der Waals surface area contributed by atoms with Gasteiger partial charge in [-0.1, -0.05) is 32.9 Å². The number of nitrogens with zero attached hydrogens (tertiary/aromatic N) is 5. The standard InChI is InChI=1S/C29H29FN6O2/c1-29(2,3)25-17-26-31-22(18-8-10-19(30)11-9-18)16-24(36(26)33-25)27(37)34-14-12-20(13-15-34)35-23-7-5-4-6-21(23)32-28(35)38/h4-11,16-17,20H,12-15H2,1-3H3,(H,32,38). The molecule has 5 aromatic rings. The maximum atomic E-state index is 13.9. The summed E-state index contributed by atoms with van der Waals surface area (Å²) in [4.78, 5) is 36.1. The van der Waals surface area contributed by atoms with Crippen LogP contribution in [-0.4, -0.2) is 48.0 Å². The first-order valence-electron chi connectivity index (χ1n) is 12.8. The van der Waals surface area contributed by atoms with Crippen molar-refractivity contribution in [1.82, 2.24) is 29.0 Å². The fourth-order valence-electron chi connectivity index (χ4n) is 5.19. The Morgan fingerprint density at radius 3 is 2.45 bits per heavy atom. The maximum absolute atomic E-state index is 13.9. The van der Waals surface area contributed by atoms with E-state index < -0.39 is 0 Å². The molecule has 0 saturated carbocycles. The highest BCUT2D eigenvalue weighted by molar-refractivity contribution is 5.94. The van der Waals surface area contributed by atoms with Crippen LogP contribution in [0.5, 0.6) is 0 Å². The fraction of sp³-hybridized carbons (Fsp3) is 0.310. The summed E-state index contributed by atoms with van der Waals surface area (Å²) in [6.07, 6.45) is 1.33. The van der Waals surface area contributed by atoms with Crippen LogP contribution >= 0.6 is 0 Å². The molecule has 0 aliphatic carbocycles. The zero-order chi connectivity index (χ0) is 26.6. The number of likely N-dealkylation sites (tertiary alicyclic amines) is 1. The Balaban J connectivity index is 1.34. The summed E-state index contributed by atoms with van der Waals surface area (Å²) in [5, 5.41) is 4.75. The van der Waals surface area contributed by atoms with Crippen LogP contribution in [0.4, 0.5) is 4.39 Å². The van der Waals surface area contributed by atoms with Crippen molar-refractivity contribution in [2.24, 2.45) is 0 Å². The molecule has 0 spiro atoms. The van der Waals surface area contributed by atoms with Gasteiger partial charge in [-0.05, 0) is 55.3 Å². The Kier molecular flexibility index (Phi) is 5.66. The van der Waals surface area contributed by atoms with Crippen LogP contribution < -0.4 is 5.69 Å². The number of nitrogens with one attached hydrogen (secondary N) is 1. The zero-order valence-electron chi connectivity index (χ0n) is 21.6. The van der Waals surface area contributed by atoms with Crippen molar-refractivity contribution in [3.8, 4) is 11.3 Å². The minimum absolute atomic E-state index is 0.00660. The van der Waals surface area contributed by atoms with Gasteiger partial charge >= 0.3 is 5.69 Å². The molecule has 1 amide bonds. The first kappa shape index (κ1) is 24.1. The van der Waals surface area contributed by atoms with Crippen molar-refractivity contribution in [3.63, 3.8) is 0 Å². The third-order valence-electron chi connectivity index (χ3n) is 7.30. The molecule has 3 aromatic heterocycles. The summed E-state index contributed by atoms with van der Waals surface area (Å²) in [5.41, 5.74) is 4.46. The molecule has 0 radical (unpaired) electrons. The van der Waals surface area contributed by atoms with Gasteiger partial charge < -0.3 is 9.88 Å². The number of benzene rings is 2. The van der Waals surface area contributed by atoms with E-state index in [2.05, 4.69) is 25.8 Å². The lowest BCUT2D eigenvalue weighted by Crippen LogP contribution is -2.41. The zero-order valence-corrected chi connectivity index (χ0v) is 21.6. The predicted octanol–water partition coefficient (Wildman–Crippen LogP) is 4.95. The number of fused-ring (bicyclic) bond motifs is 2. The molecule has 1 N–H and O–H groups in total. The largest absolute Gasteiger partial charge is 0.337 e. The van der Waals surface area contributed by atoms with Gasteiger partial charge in [-0.3, -0.25) is 9.36 Å². The second kappa shape index (κ2) is 8.93. The van der Waals surface area contributed by atoms with Crippen LogP contribution in [0.15, 0.2) is 65.5 Å². The quantitative estimate of drug-likeness (QED) is 0.370. The van der Waals surface area contributed by atoms with Crippen LogP contribution in [0.1, 0.15) is 55.8 Å². The van der Waals surface area contributed by atoms with Crippen LogP contribution in [-0.2, 0) is 5.41 Å². The Morgan fingerprint density at radius 1 is 1.03 bits per heavy atom. The molecule has 1 aliphatic rings. The molecule has 8 nitrogen and oxygen atoms in total. The van der Waals surface area contributed by atoms with Crippen molar-refractivity contribution in [2.45, 2.75) is 45.1 Å². The number of piperidine rings is 1. The van der Waals surface area contributed by atoms with Gasteiger partial charge in [0.1, 0.15) is 11.5 Å². The van der Waals surface area contributed by atoms with Crippen LogP contribution in [0.25, 0.3) is 27.9 Å². The Labute approximate surface area is 218 Å². The third-order valence-corrected chi connectivity index (χ3v) is 7.30. The van der Waals surface area contributed by atoms with Crippen LogP contribution in [0.3, 0.4) is 0 Å². The summed E-state index contributed by atoms with van der Waals surface area (Å²) >= 11 is 0. The first-order chi connectivity index (χ1) is 18.2. The lowest BCUT2D eigenvalue weighted by atomic mass is 9.93. The molecule has 4 heterocycles. The number of para-hydroxylation sites is 2. The van der Waals surface area contributed by atoms with Crippen molar-refractivity contribution in [2.75, 3.05) is 13.1 Å². The predicted molar refractivity (Wildman–Crippen MR) is 144 cm³/mol. The molecule has 2 aromatic carbocycles. The second-order valence-electron chi connectivity index (χ2n) is 10.9. The van der Waals surface area contributed by atoms with Gasteiger partial charge in [-0.2, -0.15) is 5.10 Å². The van der Waals surface area contributed by atoms with E-state index in [9.17, 15) is 14.0 Å². The van der Waals surface area contributed by atoms with E-state index in [0.29, 0.717) is 43.0 Å². The van der Waals surface area contributed by atoms with Crippen molar-refractivity contribution >= 4 is 22.6 Å². The van der Waals surface area contributed by atoms with E-state index in [1.54, 1.807) is 22.7 Å². The van der Waals surface area contributed by atoms with E-state index >= 15 is 0 Å². The number of carbonyl (C=O) groups is 1. The fourth-order valence-corrected chi connectivity index (χ4v) is 5.19. The number of rotatable bonds is 3. The molecule has 1 aliphatic heterocycles. The lowest BCUT2D eigenvalue weighted by molar-refractivity contribution is 0.0686. The smallest absolute Gasteiger partial charge is 0.326 e. The molecule has 9 heteroatoms. The minimum atomic E-state index is -0.331. The molecule has 1 saturated heterocycles. The van der Waals surface area contributed by atoms with Gasteiger partial charge in [0.05, 0.1) is 22.4 Å². The number of hydrogen-bond acceptors (Lipinski definition) is 4. The molecular formula is C29H29FN6O2. The molecule has 0 atom stereocenters. The van der Waals surface area contributed by atoms with Crippen molar-refractivity contribution in [1.29, 1.82) is 0 Å². The molecule has 6 rings (SSSR count). The molecule has 0 unspecified atom stereocenters. The van der Waals surface area contributed by atoms with E-state index in [0.717, 1.165) is 22.3 Å². The summed E-state index contributed by atoms with van der Waals surface area (Å²) in [7, 11) is 0. The highest BCUT2D eigenvalue weighted by atomic mass is 19.1. The van der Waals surface area contributed by atoms with Gasteiger partial charge in [-0.25, -0.2) is 18.7 Å². The first-order valence-corrected chi connectivity index (χ1v) is 12.8. The van der Waals surface area contributed by atoms with Gasteiger partial charge in [0.2, 0.25) is 0 Å². The average molecular weight is 513 g/mol. The SMILES string of the molecule is CC(C)(C)c1cc2nc(-c3ccc(F)cc3)cc(C(=O)N3CCC(n4c(=O)[nH]c5ccccc54)CC3)n2n1. The number of carbonyl (C=O) groups excluding carboxylic acids is 1. The summed E-state index contributed by atoms with van der Waals surface area (Å²) in [6.45, 7) is 7.22. The van der Waals surface area contributed by atoms with Gasteiger partial charge in [0.25, 0.3) is 5.91 Å². The third kappa shape index (κ3) is 4.17. The Hall–Kier alpha value is -4.27. The van der Waals surface area contributed by atoms with Gasteiger partial charge in [-0.15, -0.1) is 0 Å². The Bertz CT molecular complexity index is 1720. The summed E-state index contributed by atoms with van der Waals surface area (Å²) in [5.74, 6) is -0.475. The topological polar surface area (TPSA) is 88.3 Å². The average Bonchev–Trinajstić information content (AvgIpc) is 3.49. The number of H-pyrrole nitrogens is 1. The molecule has 1 fully saturated rings.